The predicted octanol–water partition coefficient (Wildman–Crippen LogP) is 4.92. The molecule has 0 aliphatic heterocycles. The summed E-state index contributed by atoms with van der Waals surface area (Å²) in [6.45, 7) is -0.258. The number of oxazole rings is 1. The fourth-order valence-electron chi connectivity index (χ4n) is 2.61. The topological polar surface area (TPSA) is 97.5 Å². The molecule has 9 heteroatoms. The van der Waals surface area contributed by atoms with Crippen molar-refractivity contribution in [3.8, 4) is 23.0 Å². The number of phenolic OH excluding ortho intramolecular Hbond substituents is 1. The van der Waals surface area contributed by atoms with Crippen molar-refractivity contribution in [3.63, 3.8) is 0 Å². The second kappa shape index (κ2) is 7.98. The van der Waals surface area contributed by atoms with Crippen LogP contribution in [0.5, 0.6) is 11.5 Å². The number of pyridine rings is 1. The maximum Gasteiger partial charge on any atom is 0.262 e. The summed E-state index contributed by atoms with van der Waals surface area (Å²) in [7, 11) is 0. The van der Waals surface area contributed by atoms with Crippen LogP contribution in [0.15, 0.2) is 59.3 Å². The van der Waals surface area contributed by atoms with Gasteiger partial charge in [0.15, 0.2) is 12.2 Å². The Kier molecular flexibility index (Phi) is 5.24. The third-order valence-corrected chi connectivity index (χ3v) is 4.48. The molecule has 7 nitrogen and oxygen atoms in total. The number of ether oxygens (including phenoxy) is 1. The van der Waals surface area contributed by atoms with E-state index in [2.05, 4.69) is 15.3 Å². The number of phenols is 1. The molecule has 0 fully saturated rings. The van der Waals surface area contributed by atoms with E-state index in [0.717, 1.165) is 0 Å². The molecule has 0 spiro atoms. The van der Waals surface area contributed by atoms with E-state index in [4.69, 9.17) is 32.4 Å². The van der Waals surface area contributed by atoms with Gasteiger partial charge in [0.1, 0.15) is 17.0 Å². The van der Waals surface area contributed by atoms with Crippen LogP contribution in [0.2, 0.25) is 10.0 Å². The van der Waals surface area contributed by atoms with Gasteiger partial charge in [-0.2, -0.15) is 0 Å². The first-order chi connectivity index (χ1) is 14.0. The molecule has 0 aliphatic rings. The summed E-state index contributed by atoms with van der Waals surface area (Å²) in [4.78, 5) is 20.5. The third kappa shape index (κ3) is 4.26. The lowest BCUT2D eigenvalue weighted by atomic mass is 10.1. The van der Waals surface area contributed by atoms with E-state index in [1.165, 1.54) is 12.1 Å². The Morgan fingerprint density at radius 3 is 2.83 bits per heavy atom. The number of nitrogens with one attached hydrogen (secondary N) is 1. The van der Waals surface area contributed by atoms with Crippen LogP contribution in [0, 0.1) is 0 Å². The SMILES string of the molecule is O=C(COc1ccc(Cl)cc1Cl)Nc1ccc(O)c(-c2nc3cnccc3o2)c1. The highest BCUT2D eigenvalue weighted by Gasteiger charge is 2.14. The van der Waals surface area contributed by atoms with E-state index < -0.39 is 5.91 Å². The van der Waals surface area contributed by atoms with E-state index in [0.29, 0.717) is 38.1 Å². The number of aromatic nitrogens is 2. The van der Waals surface area contributed by atoms with Gasteiger partial charge >= 0.3 is 0 Å². The number of benzene rings is 2. The molecule has 2 heterocycles. The van der Waals surface area contributed by atoms with Gasteiger partial charge < -0.3 is 19.6 Å². The number of nitrogens with zero attached hydrogens (tertiary/aromatic N) is 2. The van der Waals surface area contributed by atoms with Gasteiger partial charge in [0.05, 0.1) is 16.8 Å². The van der Waals surface area contributed by atoms with E-state index in [-0.39, 0.29) is 18.2 Å². The molecule has 0 aliphatic carbocycles. The first-order valence-corrected chi connectivity index (χ1v) is 9.17. The van der Waals surface area contributed by atoms with Crippen LogP contribution < -0.4 is 10.1 Å². The maximum absolute atomic E-state index is 12.2. The summed E-state index contributed by atoms with van der Waals surface area (Å²) in [5.74, 6) is 0.115. The van der Waals surface area contributed by atoms with Crippen LogP contribution in [-0.2, 0) is 4.79 Å². The second-order valence-electron chi connectivity index (χ2n) is 6.01. The van der Waals surface area contributed by atoms with Crippen molar-refractivity contribution < 1.29 is 19.1 Å². The molecular weight excluding hydrogens is 417 g/mol. The molecule has 4 rings (SSSR count). The van der Waals surface area contributed by atoms with Crippen molar-refractivity contribution in [1.82, 2.24) is 9.97 Å². The van der Waals surface area contributed by atoms with Gasteiger partial charge in [0.2, 0.25) is 5.89 Å². The van der Waals surface area contributed by atoms with Crippen LogP contribution in [-0.4, -0.2) is 27.6 Å². The number of hydrogen-bond donors (Lipinski definition) is 2. The smallest absolute Gasteiger partial charge is 0.262 e. The number of anilines is 1. The van der Waals surface area contributed by atoms with Gasteiger partial charge in [-0.25, -0.2) is 4.98 Å². The summed E-state index contributed by atoms with van der Waals surface area (Å²) >= 11 is 11.9. The third-order valence-electron chi connectivity index (χ3n) is 3.95. The Bertz CT molecular complexity index is 1180. The first kappa shape index (κ1) is 19.0. The van der Waals surface area contributed by atoms with E-state index in [1.807, 2.05) is 0 Å². The Morgan fingerprint density at radius 1 is 1.17 bits per heavy atom. The molecule has 0 unspecified atom stereocenters. The minimum absolute atomic E-state index is 0.0355. The predicted molar refractivity (Wildman–Crippen MR) is 109 cm³/mol. The van der Waals surface area contributed by atoms with Gasteiger partial charge in [0.25, 0.3) is 5.91 Å². The lowest BCUT2D eigenvalue weighted by Gasteiger charge is -2.10. The van der Waals surface area contributed by atoms with Crippen LogP contribution in [0.4, 0.5) is 5.69 Å². The molecule has 0 saturated carbocycles. The van der Waals surface area contributed by atoms with E-state index >= 15 is 0 Å². The maximum atomic E-state index is 12.2. The molecule has 2 aromatic carbocycles. The minimum Gasteiger partial charge on any atom is -0.507 e. The normalized spacial score (nSPS) is 10.8. The van der Waals surface area contributed by atoms with Crippen molar-refractivity contribution >= 4 is 45.9 Å². The first-order valence-electron chi connectivity index (χ1n) is 8.41. The highest BCUT2D eigenvalue weighted by Crippen LogP contribution is 2.33. The van der Waals surface area contributed by atoms with Crippen molar-refractivity contribution in [2.24, 2.45) is 0 Å². The van der Waals surface area contributed by atoms with Crippen LogP contribution in [0.25, 0.3) is 22.6 Å². The standard InChI is InChI=1S/C20H13Cl2N3O4/c21-11-1-4-17(14(22)7-11)28-10-19(27)24-12-2-3-16(26)13(8-12)20-25-15-9-23-6-5-18(15)29-20/h1-9,26H,10H2,(H,24,27). The number of amides is 1. The number of aromatic hydroxyl groups is 1. The van der Waals surface area contributed by atoms with Gasteiger partial charge in [-0.15, -0.1) is 0 Å². The van der Waals surface area contributed by atoms with Gasteiger partial charge in [-0.05, 0) is 36.4 Å². The molecule has 146 valence electrons. The lowest BCUT2D eigenvalue weighted by molar-refractivity contribution is -0.118. The number of carbonyl (C=O) groups is 1. The van der Waals surface area contributed by atoms with Crippen LogP contribution in [0.3, 0.4) is 0 Å². The zero-order valence-electron chi connectivity index (χ0n) is 14.7. The summed E-state index contributed by atoms with van der Waals surface area (Å²) in [6, 6.07) is 10.9. The minimum atomic E-state index is -0.408. The Hall–Kier alpha value is -3.29. The van der Waals surface area contributed by atoms with Gasteiger partial charge in [-0.1, -0.05) is 23.2 Å². The van der Waals surface area contributed by atoms with Crippen molar-refractivity contribution in [2.75, 3.05) is 11.9 Å². The molecule has 0 bridgehead atoms. The molecule has 2 aromatic heterocycles. The summed E-state index contributed by atoms with van der Waals surface area (Å²) in [5.41, 5.74) is 1.87. The van der Waals surface area contributed by atoms with Crippen molar-refractivity contribution in [1.29, 1.82) is 0 Å². The number of rotatable bonds is 5. The number of carbonyl (C=O) groups excluding carboxylic acids is 1. The van der Waals surface area contributed by atoms with Crippen LogP contribution in [0.1, 0.15) is 0 Å². The number of fused-ring (bicyclic) bond motifs is 1. The van der Waals surface area contributed by atoms with Crippen molar-refractivity contribution in [3.05, 3.63) is 64.9 Å². The average Bonchev–Trinajstić information content (AvgIpc) is 3.13. The number of halogens is 2. The molecule has 1 amide bonds. The monoisotopic (exact) mass is 429 g/mol. The van der Waals surface area contributed by atoms with Gasteiger partial charge in [0, 0.05) is 23.0 Å². The molecule has 0 atom stereocenters. The highest BCUT2D eigenvalue weighted by molar-refractivity contribution is 6.35. The Labute approximate surface area is 174 Å². The molecule has 29 heavy (non-hydrogen) atoms. The van der Waals surface area contributed by atoms with E-state index in [9.17, 15) is 9.90 Å². The van der Waals surface area contributed by atoms with Crippen molar-refractivity contribution in [2.45, 2.75) is 0 Å². The zero-order valence-corrected chi connectivity index (χ0v) is 16.2. The fourth-order valence-corrected chi connectivity index (χ4v) is 3.08. The summed E-state index contributed by atoms with van der Waals surface area (Å²) in [5, 5.41) is 13.6. The largest absolute Gasteiger partial charge is 0.507 e. The quantitative estimate of drug-likeness (QED) is 0.437. The summed E-state index contributed by atoms with van der Waals surface area (Å²) in [6.07, 6.45) is 3.14. The Balaban J connectivity index is 1.49. The zero-order chi connectivity index (χ0) is 20.4. The fraction of sp³-hybridized carbons (Fsp3) is 0.0500. The number of hydrogen-bond acceptors (Lipinski definition) is 6. The molecule has 4 aromatic rings. The average molecular weight is 430 g/mol. The molecular formula is C20H13Cl2N3O4. The summed E-state index contributed by atoms with van der Waals surface area (Å²) < 4.78 is 11.1. The molecule has 2 N–H and O–H groups in total. The van der Waals surface area contributed by atoms with Gasteiger partial charge in [-0.3, -0.25) is 9.78 Å². The Morgan fingerprint density at radius 2 is 2.03 bits per heavy atom. The van der Waals surface area contributed by atoms with Crippen LogP contribution >= 0.6 is 23.2 Å². The molecule has 0 saturated heterocycles. The highest BCUT2D eigenvalue weighted by atomic mass is 35.5. The molecule has 0 radical (unpaired) electrons. The van der Waals surface area contributed by atoms with E-state index in [1.54, 1.807) is 42.7 Å². The lowest BCUT2D eigenvalue weighted by Crippen LogP contribution is -2.20. The second-order valence-corrected chi connectivity index (χ2v) is 6.85.